The summed E-state index contributed by atoms with van der Waals surface area (Å²) in [6, 6.07) is 27.5. The SMILES string of the molecule is CN(CC[C@H](Oc1cccc2ccccc12)c1cccs1)C(=O)Oc1ccccc1. The zero-order chi connectivity index (χ0) is 20.8. The Labute approximate surface area is 180 Å². The van der Waals surface area contributed by atoms with E-state index in [-0.39, 0.29) is 12.2 Å². The van der Waals surface area contributed by atoms with Crippen molar-refractivity contribution < 1.29 is 14.3 Å². The second kappa shape index (κ2) is 9.46. The Kier molecular flexibility index (Phi) is 6.30. The van der Waals surface area contributed by atoms with E-state index in [1.807, 2.05) is 53.9 Å². The van der Waals surface area contributed by atoms with E-state index in [9.17, 15) is 4.79 Å². The smallest absolute Gasteiger partial charge is 0.414 e. The maximum Gasteiger partial charge on any atom is 0.414 e. The van der Waals surface area contributed by atoms with Gasteiger partial charge in [0.2, 0.25) is 0 Å². The number of amides is 1. The number of benzene rings is 3. The zero-order valence-electron chi connectivity index (χ0n) is 16.7. The van der Waals surface area contributed by atoms with Crippen LogP contribution in [0.25, 0.3) is 10.8 Å². The lowest BCUT2D eigenvalue weighted by Crippen LogP contribution is -2.31. The van der Waals surface area contributed by atoms with Crippen LogP contribution in [-0.2, 0) is 0 Å². The van der Waals surface area contributed by atoms with Crippen molar-refractivity contribution >= 4 is 28.2 Å². The Bertz CT molecular complexity index is 1090. The van der Waals surface area contributed by atoms with Crippen molar-refractivity contribution in [2.45, 2.75) is 12.5 Å². The van der Waals surface area contributed by atoms with Gasteiger partial charge in [-0.1, -0.05) is 60.7 Å². The maximum absolute atomic E-state index is 12.4. The van der Waals surface area contributed by atoms with E-state index in [0.29, 0.717) is 18.7 Å². The summed E-state index contributed by atoms with van der Waals surface area (Å²) in [5.41, 5.74) is 0. The van der Waals surface area contributed by atoms with Crippen LogP contribution in [0, 0.1) is 0 Å². The summed E-state index contributed by atoms with van der Waals surface area (Å²) < 4.78 is 11.9. The Balaban J connectivity index is 1.46. The quantitative estimate of drug-likeness (QED) is 0.343. The van der Waals surface area contributed by atoms with Gasteiger partial charge < -0.3 is 14.4 Å². The number of carbonyl (C=O) groups is 1. The summed E-state index contributed by atoms with van der Waals surface area (Å²) in [6.45, 7) is 0.513. The molecule has 0 fully saturated rings. The number of nitrogens with zero attached hydrogens (tertiary/aromatic N) is 1. The summed E-state index contributed by atoms with van der Waals surface area (Å²) in [7, 11) is 1.74. The van der Waals surface area contributed by atoms with E-state index in [0.717, 1.165) is 21.4 Å². The second-order valence-corrected chi connectivity index (χ2v) is 7.97. The average Bonchev–Trinajstić information content (AvgIpc) is 3.32. The molecule has 152 valence electrons. The molecule has 0 spiro atoms. The van der Waals surface area contributed by atoms with Crippen molar-refractivity contribution in [3.05, 3.63) is 95.2 Å². The predicted octanol–water partition coefficient (Wildman–Crippen LogP) is 6.54. The third kappa shape index (κ3) is 4.81. The Morgan fingerprint density at radius 2 is 1.70 bits per heavy atom. The highest BCUT2D eigenvalue weighted by atomic mass is 32.1. The Morgan fingerprint density at radius 3 is 2.50 bits per heavy atom. The topological polar surface area (TPSA) is 38.8 Å². The monoisotopic (exact) mass is 417 g/mol. The predicted molar refractivity (Wildman–Crippen MR) is 121 cm³/mol. The van der Waals surface area contributed by atoms with Crippen molar-refractivity contribution in [1.82, 2.24) is 4.90 Å². The van der Waals surface area contributed by atoms with Gasteiger partial charge in [-0.2, -0.15) is 0 Å². The van der Waals surface area contributed by atoms with Gasteiger partial charge in [-0.15, -0.1) is 11.3 Å². The minimum Gasteiger partial charge on any atom is -0.484 e. The normalized spacial score (nSPS) is 11.8. The molecule has 1 aromatic heterocycles. The Morgan fingerprint density at radius 1 is 0.933 bits per heavy atom. The van der Waals surface area contributed by atoms with Gasteiger partial charge in [0.1, 0.15) is 17.6 Å². The van der Waals surface area contributed by atoms with Crippen LogP contribution < -0.4 is 9.47 Å². The minimum absolute atomic E-state index is 0.150. The fourth-order valence-electron chi connectivity index (χ4n) is 3.25. The molecule has 0 aliphatic heterocycles. The fraction of sp³-hybridized carbons (Fsp3) is 0.160. The van der Waals surface area contributed by atoms with E-state index in [4.69, 9.17) is 9.47 Å². The van der Waals surface area contributed by atoms with E-state index >= 15 is 0 Å². The van der Waals surface area contributed by atoms with Gasteiger partial charge in [0, 0.05) is 30.3 Å². The first-order valence-electron chi connectivity index (χ1n) is 9.86. The number of hydrogen-bond acceptors (Lipinski definition) is 4. The molecule has 1 amide bonds. The lowest BCUT2D eigenvalue weighted by molar-refractivity contribution is 0.147. The number of fused-ring (bicyclic) bond motifs is 1. The highest BCUT2D eigenvalue weighted by Gasteiger charge is 2.19. The van der Waals surface area contributed by atoms with Crippen LogP contribution in [0.2, 0.25) is 0 Å². The van der Waals surface area contributed by atoms with Crippen molar-refractivity contribution in [3.8, 4) is 11.5 Å². The minimum atomic E-state index is -0.378. The number of ether oxygens (including phenoxy) is 2. The molecule has 0 saturated carbocycles. The average molecular weight is 418 g/mol. The molecule has 0 bridgehead atoms. The molecule has 3 aromatic carbocycles. The molecule has 30 heavy (non-hydrogen) atoms. The number of hydrogen-bond donors (Lipinski definition) is 0. The molecule has 1 heterocycles. The van der Waals surface area contributed by atoms with Gasteiger partial charge in [0.15, 0.2) is 0 Å². The molecule has 0 radical (unpaired) electrons. The maximum atomic E-state index is 12.4. The molecule has 4 nitrogen and oxygen atoms in total. The summed E-state index contributed by atoms with van der Waals surface area (Å²) >= 11 is 1.66. The third-order valence-electron chi connectivity index (χ3n) is 4.87. The van der Waals surface area contributed by atoms with Crippen LogP contribution in [0.4, 0.5) is 4.79 Å². The third-order valence-corrected chi connectivity index (χ3v) is 5.83. The molecule has 4 rings (SSSR count). The van der Waals surface area contributed by atoms with Crippen LogP contribution in [0.5, 0.6) is 11.5 Å². The first-order chi connectivity index (χ1) is 14.7. The van der Waals surface area contributed by atoms with Crippen LogP contribution >= 0.6 is 11.3 Å². The van der Waals surface area contributed by atoms with Crippen molar-refractivity contribution in [2.24, 2.45) is 0 Å². The summed E-state index contributed by atoms with van der Waals surface area (Å²) in [5, 5.41) is 4.27. The molecule has 4 aromatic rings. The number of carbonyl (C=O) groups excluding carboxylic acids is 1. The van der Waals surface area contributed by atoms with Gasteiger partial charge in [0.25, 0.3) is 0 Å². The van der Waals surface area contributed by atoms with E-state index < -0.39 is 0 Å². The molecular weight excluding hydrogens is 394 g/mol. The molecule has 0 aliphatic carbocycles. The van der Waals surface area contributed by atoms with Crippen molar-refractivity contribution in [2.75, 3.05) is 13.6 Å². The van der Waals surface area contributed by atoms with Gasteiger partial charge in [-0.25, -0.2) is 4.79 Å². The lowest BCUT2D eigenvalue weighted by atomic mass is 10.1. The van der Waals surface area contributed by atoms with Gasteiger partial charge in [-0.05, 0) is 35.0 Å². The molecule has 5 heteroatoms. The lowest BCUT2D eigenvalue weighted by Gasteiger charge is -2.23. The molecule has 0 saturated heterocycles. The van der Waals surface area contributed by atoms with Gasteiger partial charge in [0.05, 0.1) is 0 Å². The molecule has 0 aliphatic rings. The highest BCUT2D eigenvalue weighted by Crippen LogP contribution is 2.33. The molecule has 0 N–H and O–H groups in total. The highest BCUT2D eigenvalue weighted by molar-refractivity contribution is 7.10. The van der Waals surface area contributed by atoms with Crippen molar-refractivity contribution in [1.29, 1.82) is 0 Å². The zero-order valence-corrected chi connectivity index (χ0v) is 17.5. The molecular formula is C25H23NO3S. The van der Waals surface area contributed by atoms with Crippen LogP contribution in [0.1, 0.15) is 17.4 Å². The standard InChI is InChI=1S/C25H23NO3S/c1-26(25(27)28-20-11-3-2-4-12-20)17-16-23(24-15-8-18-30-24)29-22-14-7-10-19-9-5-6-13-21(19)22/h2-15,18,23H,16-17H2,1H3/t23-/m0/s1. The van der Waals surface area contributed by atoms with Gasteiger partial charge in [-0.3, -0.25) is 0 Å². The molecule has 1 atom stereocenters. The van der Waals surface area contributed by atoms with Crippen molar-refractivity contribution in [3.63, 3.8) is 0 Å². The number of rotatable bonds is 7. The van der Waals surface area contributed by atoms with E-state index in [1.165, 1.54) is 0 Å². The first-order valence-corrected chi connectivity index (χ1v) is 10.7. The van der Waals surface area contributed by atoms with Crippen LogP contribution in [0.15, 0.2) is 90.3 Å². The fourth-order valence-corrected chi connectivity index (χ4v) is 4.04. The number of para-hydroxylation sites is 1. The summed E-state index contributed by atoms with van der Waals surface area (Å²) in [6.07, 6.45) is 0.128. The first kappa shape index (κ1) is 20.0. The van der Waals surface area contributed by atoms with E-state index in [2.05, 4.69) is 24.3 Å². The van der Waals surface area contributed by atoms with Gasteiger partial charge >= 0.3 is 6.09 Å². The largest absolute Gasteiger partial charge is 0.484 e. The van der Waals surface area contributed by atoms with Crippen LogP contribution in [0.3, 0.4) is 0 Å². The Hall–Kier alpha value is -3.31. The summed E-state index contributed by atoms with van der Waals surface area (Å²) in [5.74, 6) is 1.39. The van der Waals surface area contributed by atoms with Crippen LogP contribution in [-0.4, -0.2) is 24.6 Å². The summed E-state index contributed by atoms with van der Waals surface area (Å²) in [4.78, 5) is 15.1. The van der Waals surface area contributed by atoms with E-state index in [1.54, 1.807) is 35.4 Å². The second-order valence-electron chi connectivity index (χ2n) is 6.99. The number of thiophene rings is 1. The molecule has 0 unspecified atom stereocenters.